The Hall–Kier alpha value is -3.00. The minimum Gasteiger partial charge on any atom is -0.387 e. The molecule has 0 unspecified atom stereocenters. The zero-order chi connectivity index (χ0) is 23.0. The predicted molar refractivity (Wildman–Crippen MR) is 131 cm³/mol. The fourth-order valence-electron chi connectivity index (χ4n) is 3.30. The monoisotopic (exact) mass is 471 g/mol. The largest absolute Gasteiger partial charge is 0.387 e. The molecule has 1 aliphatic heterocycles. The molecule has 0 spiro atoms. The van der Waals surface area contributed by atoms with Crippen LogP contribution in [0.4, 0.5) is 11.5 Å². The molecule has 3 heterocycles. The molecule has 7 nitrogen and oxygen atoms in total. The molecule has 4 rings (SSSR count). The number of aromatic nitrogens is 2. The molecule has 0 amide bonds. The van der Waals surface area contributed by atoms with Crippen molar-refractivity contribution in [2.24, 2.45) is 0 Å². The fourth-order valence-corrected chi connectivity index (χ4v) is 3.88. The molecule has 0 saturated carbocycles. The average molecular weight is 472 g/mol. The molecule has 0 atom stereocenters. The summed E-state index contributed by atoms with van der Waals surface area (Å²) in [4.78, 5) is 25.3. The number of fused-ring (bicyclic) bond motifs is 3. The van der Waals surface area contributed by atoms with E-state index < -0.39 is 0 Å². The lowest BCUT2D eigenvalue weighted by Gasteiger charge is -2.21. The summed E-state index contributed by atoms with van der Waals surface area (Å²) in [5.41, 5.74) is 4.54. The third kappa shape index (κ3) is 4.46. The third-order valence-electron chi connectivity index (χ3n) is 4.77. The lowest BCUT2D eigenvalue weighted by molar-refractivity contribution is -0.0469. The van der Waals surface area contributed by atoms with Crippen LogP contribution in [0.25, 0.3) is 28.9 Å². The number of benzene rings is 1. The van der Waals surface area contributed by atoms with Gasteiger partial charge in [-0.15, -0.1) is 0 Å². The minimum atomic E-state index is -0.386. The zero-order valence-corrected chi connectivity index (χ0v) is 19.4. The Morgan fingerprint density at radius 1 is 1.22 bits per heavy atom. The van der Waals surface area contributed by atoms with Gasteiger partial charge in [-0.1, -0.05) is 35.9 Å². The molecule has 0 radical (unpaired) electrons. The van der Waals surface area contributed by atoms with Crippen molar-refractivity contribution >= 4 is 63.6 Å². The molecule has 1 aliphatic rings. The van der Waals surface area contributed by atoms with E-state index in [2.05, 4.69) is 32.7 Å². The van der Waals surface area contributed by atoms with Crippen molar-refractivity contribution < 1.29 is 4.84 Å². The van der Waals surface area contributed by atoms with Gasteiger partial charge in [-0.05, 0) is 39.0 Å². The first-order valence-electron chi connectivity index (χ1n) is 9.98. The SMILES string of the molecule is C=C(NOC(C)(C)C)c1cc(Cl)c(Nc2nc3cc[nH]c(=O)c3c3c2=CCNC=3)c(Cl)c1. The summed E-state index contributed by atoms with van der Waals surface area (Å²) < 4.78 is 0. The summed E-state index contributed by atoms with van der Waals surface area (Å²) in [5.74, 6) is 0.556. The van der Waals surface area contributed by atoms with Crippen LogP contribution in [-0.2, 0) is 4.84 Å². The van der Waals surface area contributed by atoms with Crippen molar-refractivity contribution in [1.82, 2.24) is 20.8 Å². The van der Waals surface area contributed by atoms with E-state index in [0.717, 1.165) is 10.4 Å². The molecule has 0 aliphatic carbocycles. The highest BCUT2D eigenvalue weighted by Gasteiger charge is 2.16. The third-order valence-corrected chi connectivity index (χ3v) is 5.37. The highest BCUT2D eigenvalue weighted by atomic mass is 35.5. The van der Waals surface area contributed by atoms with Crippen LogP contribution < -0.4 is 32.1 Å². The van der Waals surface area contributed by atoms with E-state index in [-0.39, 0.29) is 11.2 Å². The van der Waals surface area contributed by atoms with Crippen LogP contribution in [0.1, 0.15) is 26.3 Å². The Balaban J connectivity index is 1.74. The molecule has 3 aromatic rings. The molecule has 0 fully saturated rings. The van der Waals surface area contributed by atoms with Crippen LogP contribution in [-0.4, -0.2) is 22.1 Å². The van der Waals surface area contributed by atoms with Crippen molar-refractivity contribution in [1.29, 1.82) is 0 Å². The zero-order valence-electron chi connectivity index (χ0n) is 17.9. The van der Waals surface area contributed by atoms with Gasteiger partial charge in [0.2, 0.25) is 0 Å². The first-order chi connectivity index (χ1) is 15.1. The molecular weight excluding hydrogens is 449 g/mol. The Kier molecular flexibility index (Phi) is 5.90. The summed E-state index contributed by atoms with van der Waals surface area (Å²) in [5, 5.41) is 9.26. The van der Waals surface area contributed by atoms with E-state index in [1.54, 1.807) is 24.4 Å². The quantitative estimate of drug-likeness (QED) is 0.426. The number of rotatable bonds is 5. The fraction of sp³-hybridized carbons (Fsp3) is 0.217. The van der Waals surface area contributed by atoms with Crippen molar-refractivity contribution in [2.75, 3.05) is 11.9 Å². The van der Waals surface area contributed by atoms with Crippen LogP contribution in [0.2, 0.25) is 10.0 Å². The highest BCUT2D eigenvalue weighted by Crippen LogP contribution is 2.35. The molecule has 9 heteroatoms. The van der Waals surface area contributed by atoms with E-state index in [1.807, 2.05) is 33.0 Å². The number of hydrogen-bond acceptors (Lipinski definition) is 6. The van der Waals surface area contributed by atoms with Crippen LogP contribution in [0, 0.1) is 0 Å². The lowest BCUT2D eigenvalue weighted by Crippen LogP contribution is -2.38. The van der Waals surface area contributed by atoms with Crippen molar-refractivity contribution in [3.63, 3.8) is 0 Å². The van der Waals surface area contributed by atoms with Crippen LogP contribution in [0.5, 0.6) is 0 Å². The minimum absolute atomic E-state index is 0.199. The molecule has 0 saturated heterocycles. The number of aromatic amines is 1. The number of nitrogens with one attached hydrogen (secondary N) is 4. The maximum absolute atomic E-state index is 12.4. The van der Waals surface area contributed by atoms with Gasteiger partial charge in [0.15, 0.2) is 0 Å². The highest BCUT2D eigenvalue weighted by molar-refractivity contribution is 6.39. The molecule has 0 bridgehead atoms. The summed E-state index contributed by atoms with van der Waals surface area (Å²) in [6.45, 7) is 10.4. The number of halogens is 2. The second-order valence-electron chi connectivity index (χ2n) is 8.35. The predicted octanol–water partition coefficient (Wildman–Crippen LogP) is 3.39. The van der Waals surface area contributed by atoms with Crippen LogP contribution in [0.15, 0.2) is 35.8 Å². The second kappa shape index (κ2) is 8.50. The van der Waals surface area contributed by atoms with Crippen LogP contribution >= 0.6 is 23.2 Å². The van der Waals surface area contributed by atoms with Gasteiger partial charge in [-0.25, -0.2) is 4.98 Å². The molecule has 2 aromatic heterocycles. The maximum Gasteiger partial charge on any atom is 0.258 e. The first-order valence-corrected chi connectivity index (χ1v) is 10.7. The van der Waals surface area contributed by atoms with Gasteiger partial charge in [0.25, 0.3) is 5.56 Å². The first kappa shape index (κ1) is 22.2. The Morgan fingerprint density at radius 2 is 1.94 bits per heavy atom. The van der Waals surface area contributed by atoms with E-state index >= 15 is 0 Å². The molecular formula is C23H23Cl2N5O2. The second-order valence-corrected chi connectivity index (χ2v) is 9.16. The van der Waals surface area contributed by atoms with Gasteiger partial charge in [0.1, 0.15) is 5.82 Å². The summed E-state index contributed by atoms with van der Waals surface area (Å²) in [6.07, 6.45) is 5.35. The van der Waals surface area contributed by atoms with Gasteiger partial charge in [0.05, 0.1) is 37.9 Å². The van der Waals surface area contributed by atoms with E-state index in [9.17, 15) is 4.79 Å². The Morgan fingerprint density at radius 3 is 2.62 bits per heavy atom. The molecule has 4 N–H and O–H groups in total. The van der Waals surface area contributed by atoms with Crippen molar-refractivity contribution in [3.05, 3.63) is 67.4 Å². The maximum atomic E-state index is 12.4. The Bertz CT molecular complexity index is 1380. The van der Waals surface area contributed by atoms with Gasteiger partial charge in [-0.3, -0.25) is 15.1 Å². The van der Waals surface area contributed by atoms with Crippen molar-refractivity contribution in [3.8, 4) is 0 Å². The smallest absolute Gasteiger partial charge is 0.258 e. The molecule has 166 valence electrons. The number of anilines is 2. The standard InChI is InChI=1S/C23H23Cl2N5O2/c1-12(30-32-23(2,3)4)13-9-16(24)20(17(25)10-13)29-21-14-5-7-26-11-15(14)19-18(28-21)6-8-27-22(19)31/h5-6,8-11,26,30H,1,7H2,2-4H3,(H,27,31)(H,28,29). The lowest BCUT2D eigenvalue weighted by atomic mass is 10.1. The van der Waals surface area contributed by atoms with E-state index in [0.29, 0.717) is 50.3 Å². The van der Waals surface area contributed by atoms with Crippen molar-refractivity contribution in [2.45, 2.75) is 26.4 Å². The number of hydroxylamine groups is 1. The summed E-state index contributed by atoms with van der Waals surface area (Å²) in [6, 6.07) is 5.24. The number of pyridine rings is 2. The average Bonchev–Trinajstić information content (AvgIpc) is 2.73. The van der Waals surface area contributed by atoms with Gasteiger partial charge in [0, 0.05) is 34.9 Å². The topological polar surface area (TPSA) is 91.1 Å². The van der Waals surface area contributed by atoms with Gasteiger partial charge >= 0.3 is 0 Å². The number of hydrogen-bond donors (Lipinski definition) is 4. The van der Waals surface area contributed by atoms with Crippen LogP contribution in [0.3, 0.4) is 0 Å². The molecule has 32 heavy (non-hydrogen) atoms. The van der Waals surface area contributed by atoms with E-state index in [4.69, 9.17) is 28.0 Å². The summed E-state index contributed by atoms with van der Waals surface area (Å²) >= 11 is 13.2. The van der Waals surface area contributed by atoms with E-state index in [1.165, 1.54) is 0 Å². The van der Waals surface area contributed by atoms with Gasteiger partial charge < -0.3 is 15.6 Å². The Labute approximate surface area is 194 Å². The number of nitrogens with zero attached hydrogens (tertiary/aromatic N) is 1. The van der Waals surface area contributed by atoms with Gasteiger partial charge in [-0.2, -0.15) is 0 Å². The normalized spacial score (nSPS) is 12.9. The summed E-state index contributed by atoms with van der Waals surface area (Å²) in [7, 11) is 0. The molecule has 1 aromatic carbocycles. The number of H-pyrrole nitrogens is 1.